The van der Waals surface area contributed by atoms with Crippen LogP contribution in [0.3, 0.4) is 0 Å². The van der Waals surface area contributed by atoms with Crippen molar-refractivity contribution >= 4 is 28.4 Å². The number of fused-ring (bicyclic) bond motifs is 1. The van der Waals surface area contributed by atoms with Gasteiger partial charge in [0.05, 0.1) is 31.2 Å². The van der Waals surface area contributed by atoms with Crippen LogP contribution in [0.2, 0.25) is 0 Å². The second-order valence-electron chi connectivity index (χ2n) is 8.79. The number of ether oxygens (including phenoxy) is 3. The Kier molecular flexibility index (Phi) is 6.18. The van der Waals surface area contributed by atoms with E-state index in [0.717, 1.165) is 28.8 Å². The quantitative estimate of drug-likeness (QED) is 0.426. The van der Waals surface area contributed by atoms with Crippen molar-refractivity contribution in [2.45, 2.75) is 12.5 Å². The number of pyridine rings is 1. The summed E-state index contributed by atoms with van der Waals surface area (Å²) in [6.07, 6.45) is 4.33. The molecule has 0 aliphatic carbocycles. The van der Waals surface area contributed by atoms with Crippen molar-refractivity contribution in [3.8, 4) is 17.1 Å². The smallest absolute Gasteiger partial charge is 0.270 e. The van der Waals surface area contributed by atoms with Crippen LogP contribution in [-0.4, -0.2) is 76.4 Å². The number of rotatable bonds is 6. The van der Waals surface area contributed by atoms with Crippen LogP contribution in [0.15, 0.2) is 54.9 Å². The van der Waals surface area contributed by atoms with Crippen LogP contribution < -0.4 is 10.1 Å². The molecule has 0 saturated carbocycles. The van der Waals surface area contributed by atoms with E-state index in [0.29, 0.717) is 62.5 Å². The van der Waals surface area contributed by atoms with Crippen molar-refractivity contribution in [2.24, 2.45) is 0 Å². The molecule has 10 heteroatoms. The predicted octanol–water partition coefficient (Wildman–Crippen LogP) is 3.40. The topological polar surface area (TPSA) is 114 Å². The third kappa shape index (κ3) is 4.86. The molecule has 0 spiro atoms. The average Bonchev–Trinajstić information content (AvgIpc) is 3.11. The number of nitrogens with zero attached hydrogens (tertiary/aromatic N) is 4. The van der Waals surface area contributed by atoms with E-state index >= 15 is 0 Å². The molecule has 36 heavy (non-hydrogen) atoms. The van der Waals surface area contributed by atoms with Crippen LogP contribution in [0.5, 0.6) is 5.75 Å². The first-order valence-corrected chi connectivity index (χ1v) is 12.0. The fourth-order valence-corrected chi connectivity index (χ4v) is 4.23. The number of aromatic nitrogens is 4. The van der Waals surface area contributed by atoms with Crippen LogP contribution in [-0.2, 0) is 9.47 Å². The molecule has 2 N–H and O–H groups in total. The lowest BCUT2D eigenvalue weighted by atomic mass is 10.2. The van der Waals surface area contributed by atoms with Gasteiger partial charge in [-0.25, -0.2) is 9.97 Å². The molecule has 0 bridgehead atoms. The van der Waals surface area contributed by atoms with Gasteiger partial charge in [-0.3, -0.25) is 9.78 Å². The molecule has 0 atom stereocenters. The number of aromatic amines is 1. The van der Waals surface area contributed by atoms with Gasteiger partial charge >= 0.3 is 0 Å². The summed E-state index contributed by atoms with van der Waals surface area (Å²) >= 11 is 0. The van der Waals surface area contributed by atoms with Crippen molar-refractivity contribution < 1.29 is 19.0 Å². The molecule has 184 valence electrons. The summed E-state index contributed by atoms with van der Waals surface area (Å²) in [4.78, 5) is 31.5. The minimum atomic E-state index is -0.00853. The molecule has 1 amide bonds. The van der Waals surface area contributed by atoms with E-state index in [4.69, 9.17) is 14.2 Å². The van der Waals surface area contributed by atoms with Gasteiger partial charge < -0.3 is 29.4 Å². The minimum Gasteiger partial charge on any atom is -0.485 e. The lowest BCUT2D eigenvalue weighted by Crippen LogP contribution is -2.38. The lowest BCUT2D eigenvalue weighted by molar-refractivity contribution is -0.0796. The number of hydrogen-bond donors (Lipinski definition) is 2. The van der Waals surface area contributed by atoms with E-state index in [9.17, 15) is 4.79 Å². The zero-order chi connectivity index (χ0) is 24.3. The predicted molar refractivity (Wildman–Crippen MR) is 133 cm³/mol. The number of amides is 1. The number of hydrogen-bond acceptors (Lipinski definition) is 8. The van der Waals surface area contributed by atoms with Crippen molar-refractivity contribution in [1.29, 1.82) is 0 Å². The molecule has 4 aromatic rings. The van der Waals surface area contributed by atoms with Crippen LogP contribution in [0.1, 0.15) is 16.9 Å². The van der Waals surface area contributed by atoms with Gasteiger partial charge in [0.15, 0.2) is 0 Å². The highest BCUT2D eigenvalue weighted by molar-refractivity contribution is 5.98. The van der Waals surface area contributed by atoms with Crippen molar-refractivity contribution in [3.63, 3.8) is 0 Å². The molecule has 2 fully saturated rings. The summed E-state index contributed by atoms with van der Waals surface area (Å²) in [5.41, 5.74) is 3.66. The standard InChI is InChI=1S/C26H26N6O4/c33-25(32-8-1-10-34-11-9-32)24-13-17-12-18(2-3-21(17)30-24)29-26-28-7-5-22(31-26)23-14-19(4-6-27-23)36-20-15-35-16-20/h2-7,12-14,20,30H,1,8-11,15-16H2,(H,28,29,31). The Balaban J connectivity index is 1.19. The Morgan fingerprint density at radius 3 is 2.81 bits per heavy atom. The highest BCUT2D eigenvalue weighted by atomic mass is 16.6. The molecule has 0 unspecified atom stereocenters. The highest BCUT2D eigenvalue weighted by Gasteiger charge is 2.21. The third-order valence-corrected chi connectivity index (χ3v) is 6.18. The second-order valence-corrected chi connectivity index (χ2v) is 8.79. The summed E-state index contributed by atoms with van der Waals surface area (Å²) in [5.74, 6) is 1.17. The Bertz CT molecular complexity index is 1380. The molecule has 10 nitrogen and oxygen atoms in total. The largest absolute Gasteiger partial charge is 0.485 e. The van der Waals surface area contributed by atoms with Gasteiger partial charge in [-0.05, 0) is 42.8 Å². The maximum atomic E-state index is 13.0. The average molecular weight is 487 g/mol. The normalized spacial score (nSPS) is 16.4. The minimum absolute atomic E-state index is 0.00853. The molecule has 0 radical (unpaired) electrons. The zero-order valence-corrected chi connectivity index (χ0v) is 19.6. The van der Waals surface area contributed by atoms with E-state index in [1.54, 1.807) is 12.4 Å². The number of benzene rings is 1. The Morgan fingerprint density at radius 1 is 1.00 bits per heavy atom. The molecule has 6 rings (SSSR count). The van der Waals surface area contributed by atoms with Gasteiger partial charge in [-0.2, -0.15) is 0 Å². The molecule has 3 aromatic heterocycles. The van der Waals surface area contributed by atoms with Crippen molar-refractivity contribution in [1.82, 2.24) is 24.8 Å². The molecule has 5 heterocycles. The van der Waals surface area contributed by atoms with Gasteiger partial charge in [0, 0.05) is 54.7 Å². The summed E-state index contributed by atoms with van der Waals surface area (Å²) in [7, 11) is 0. The molecular formula is C26H26N6O4. The summed E-state index contributed by atoms with van der Waals surface area (Å²) in [5, 5.41) is 4.19. The van der Waals surface area contributed by atoms with Gasteiger partial charge in [0.2, 0.25) is 5.95 Å². The van der Waals surface area contributed by atoms with Crippen molar-refractivity contribution in [3.05, 3.63) is 60.6 Å². The van der Waals surface area contributed by atoms with Crippen LogP contribution in [0.25, 0.3) is 22.3 Å². The maximum absolute atomic E-state index is 13.0. The lowest BCUT2D eigenvalue weighted by Gasteiger charge is -2.26. The Labute approximate surface area is 207 Å². The zero-order valence-electron chi connectivity index (χ0n) is 19.6. The van der Waals surface area contributed by atoms with Gasteiger partial charge in [-0.15, -0.1) is 0 Å². The molecule has 1 aromatic carbocycles. The molecule has 2 aliphatic rings. The second kappa shape index (κ2) is 9.92. The van der Waals surface area contributed by atoms with Gasteiger partial charge in [0.25, 0.3) is 5.91 Å². The first-order chi connectivity index (χ1) is 17.7. The summed E-state index contributed by atoms with van der Waals surface area (Å²) in [6, 6.07) is 13.2. The highest BCUT2D eigenvalue weighted by Crippen LogP contribution is 2.25. The maximum Gasteiger partial charge on any atom is 0.270 e. The van der Waals surface area contributed by atoms with Gasteiger partial charge in [0.1, 0.15) is 17.5 Å². The fourth-order valence-electron chi connectivity index (χ4n) is 4.23. The first kappa shape index (κ1) is 22.4. The number of carbonyl (C=O) groups excluding carboxylic acids is 1. The number of anilines is 2. The first-order valence-electron chi connectivity index (χ1n) is 12.0. The SMILES string of the molecule is O=C(c1cc2cc(Nc3nccc(-c4cc(OC5COC5)ccn4)n3)ccc2[nH]1)N1CCCOCC1. The molecule has 2 aliphatic heterocycles. The van der Waals surface area contributed by atoms with Crippen molar-refractivity contribution in [2.75, 3.05) is 44.8 Å². The fraction of sp³-hybridized carbons (Fsp3) is 0.308. The van der Waals surface area contributed by atoms with E-state index in [-0.39, 0.29) is 12.0 Å². The monoisotopic (exact) mass is 486 g/mol. The molecule has 2 saturated heterocycles. The van der Waals surface area contributed by atoms with Crippen LogP contribution in [0.4, 0.5) is 11.6 Å². The number of nitrogens with one attached hydrogen (secondary N) is 2. The van der Waals surface area contributed by atoms with E-state index < -0.39 is 0 Å². The van der Waals surface area contributed by atoms with Crippen LogP contribution >= 0.6 is 0 Å². The number of H-pyrrole nitrogens is 1. The van der Waals surface area contributed by atoms with E-state index in [2.05, 4.69) is 25.3 Å². The van der Waals surface area contributed by atoms with Gasteiger partial charge in [-0.1, -0.05) is 0 Å². The summed E-state index contributed by atoms with van der Waals surface area (Å²) < 4.78 is 16.5. The van der Waals surface area contributed by atoms with E-state index in [1.807, 2.05) is 47.4 Å². The Morgan fingerprint density at radius 2 is 1.92 bits per heavy atom. The molecular weight excluding hydrogens is 460 g/mol. The van der Waals surface area contributed by atoms with Crippen LogP contribution in [0, 0.1) is 0 Å². The summed E-state index contributed by atoms with van der Waals surface area (Å²) in [6.45, 7) is 3.78. The van der Waals surface area contributed by atoms with E-state index in [1.165, 1.54) is 0 Å². The Hall–Kier alpha value is -4.02. The number of carbonyl (C=O) groups is 1. The third-order valence-electron chi connectivity index (χ3n) is 6.18.